The van der Waals surface area contributed by atoms with E-state index < -0.39 is 0 Å². The largest absolute Gasteiger partial charge is 0.497 e. The maximum atomic E-state index is 13.8. The standard InChI is InChI=1S/C28H34N4O5/c1-5-12-31(28(34)29-20-16-21(35-2)18-22(17-20)36-3)19-26(33)32-15-14-30-13-8-10-24(30)27(32)23-9-6-7-11-25(23)37-4/h6-11,13,16-18,27H,5,12,14-15,19H2,1-4H3,(H,29,34). The molecule has 0 saturated heterocycles. The highest BCUT2D eigenvalue weighted by molar-refractivity contribution is 5.93. The molecule has 1 atom stereocenters. The molecule has 1 aromatic heterocycles. The van der Waals surface area contributed by atoms with E-state index in [1.54, 1.807) is 44.4 Å². The molecular formula is C28H34N4O5. The Balaban J connectivity index is 1.58. The van der Waals surface area contributed by atoms with Crippen molar-refractivity contribution in [1.82, 2.24) is 14.4 Å². The number of fused-ring (bicyclic) bond motifs is 1. The zero-order valence-corrected chi connectivity index (χ0v) is 21.8. The van der Waals surface area contributed by atoms with Crippen molar-refractivity contribution in [2.75, 3.05) is 46.3 Å². The predicted octanol–water partition coefficient (Wildman–Crippen LogP) is 4.39. The number of para-hydroxylation sites is 1. The van der Waals surface area contributed by atoms with Crippen LogP contribution in [0.15, 0.2) is 60.8 Å². The summed E-state index contributed by atoms with van der Waals surface area (Å²) in [5, 5.41) is 2.89. The topological polar surface area (TPSA) is 85.3 Å². The summed E-state index contributed by atoms with van der Waals surface area (Å²) in [6, 6.07) is 16.2. The number of ether oxygens (including phenoxy) is 3. The van der Waals surface area contributed by atoms with E-state index in [0.29, 0.717) is 43.2 Å². The molecule has 4 rings (SSSR count). The van der Waals surface area contributed by atoms with Gasteiger partial charge in [-0.2, -0.15) is 0 Å². The van der Waals surface area contributed by atoms with E-state index in [2.05, 4.69) is 9.88 Å². The van der Waals surface area contributed by atoms with Crippen LogP contribution < -0.4 is 19.5 Å². The van der Waals surface area contributed by atoms with Gasteiger partial charge in [0, 0.05) is 61.0 Å². The number of urea groups is 1. The Morgan fingerprint density at radius 3 is 2.38 bits per heavy atom. The van der Waals surface area contributed by atoms with Crippen molar-refractivity contribution in [1.29, 1.82) is 0 Å². The summed E-state index contributed by atoms with van der Waals surface area (Å²) in [5.41, 5.74) is 2.45. The highest BCUT2D eigenvalue weighted by Gasteiger charge is 2.34. The first-order valence-corrected chi connectivity index (χ1v) is 12.4. The molecule has 1 unspecified atom stereocenters. The molecular weight excluding hydrogens is 472 g/mol. The van der Waals surface area contributed by atoms with Crippen molar-refractivity contribution in [3.05, 3.63) is 72.1 Å². The van der Waals surface area contributed by atoms with Crippen LogP contribution in [0, 0.1) is 0 Å². The minimum atomic E-state index is -0.361. The average molecular weight is 507 g/mol. The Bertz CT molecular complexity index is 1220. The van der Waals surface area contributed by atoms with Gasteiger partial charge < -0.3 is 33.9 Å². The lowest BCUT2D eigenvalue weighted by molar-refractivity contribution is -0.134. The molecule has 3 aromatic rings. The van der Waals surface area contributed by atoms with Crippen LogP contribution in [0.2, 0.25) is 0 Å². The minimum Gasteiger partial charge on any atom is -0.497 e. The third-order valence-corrected chi connectivity index (χ3v) is 6.50. The number of rotatable bonds is 9. The molecule has 9 nitrogen and oxygen atoms in total. The van der Waals surface area contributed by atoms with Crippen molar-refractivity contribution < 1.29 is 23.8 Å². The fourth-order valence-corrected chi connectivity index (χ4v) is 4.73. The molecule has 1 N–H and O–H groups in total. The predicted molar refractivity (Wildman–Crippen MR) is 141 cm³/mol. The van der Waals surface area contributed by atoms with Crippen LogP contribution in [-0.2, 0) is 11.3 Å². The number of benzene rings is 2. The maximum Gasteiger partial charge on any atom is 0.322 e. The Morgan fingerprint density at radius 1 is 0.973 bits per heavy atom. The van der Waals surface area contributed by atoms with Crippen LogP contribution in [0.4, 0.5) is 10.5 Å². The third kappa shape index (κ3) is 5.66. The molecule has 1 aliphatic heterocycles. The quantitative estimate of drug-likeness (QED) is 0.465. The normalized spacial score (nSPS) is 14.5. The van der Waals surface area contributed by atoms with E-state index >= 15 is 0 Å². The zero-order valence-electron chi connectivity index (χ0n) is 21.8. The molecule has 0 bridgehead atoms. The first-order chi connectivity index (χ1) is 18.0. The monoisotopic (exact) mass is 506 g/mol. The number of hydrogen-bond acceptors (Lipinski definition) is 5. The lowest BCUT2D eigenvalue weighted by atomic mass is 9.98. The molecule has 37 heavy (non-hydrogen) atoms. The second-order valence-electron chi connectivity index (χ2n) is 8.81. The van der Waals surface area contributed by atoms with E-state index in [9.17, 15) is 9.59 Å². The third-order valence-electron chi connectivity index (χ3n) is 6.50. The van der Waals surface area contributed by atoms with Gasteiger partial charge in [0.05, 0.1) is 21.3 Å². The van der Waals surface area contributed by atoms with Crippen LogP contribution >= 0.6 is 0 Å². The lowest BCUT2D eigenvalue weighted by Crippen LogP contribution is -2.49. The maximum absolute atomic E-state index is 13.8. The van der Waals surface area contributed by atoms with Gasteiger partial charge in [0.15, 0.2) is 0 Å². The number of amides is 3. The second kappa shape index (κ2) is 11.7. The van der Waals surface area contributed by atoms with Crippen LogP contribution in [0.5, 0.6) is 17.2 Å². The SMILES string of the molecule is CCCN(CC(=O)N1CCn2cccc2C1c1ccccc1OC)C(=O)Nc1cc(OC)cc(OC)c1. The van der Waals surface area contributed by atoms with Crippen LogP contribution in [0.3, 0.4) is 0 Å². The van der Waals surface area contributed by atoms with Gasteiger partial charge in [-0.05, 0) is 24.6 Å². The number of anilines is 1. The number of methoxy groups -OCH3 is 3. The second-order valence-corrected chi connectivity index (χ2v) is 8.81. The van der Waals surface area contributed by atoms with Gasteiger partial charge in [-0.25, -0.2) is 4.79 Å². The van der Waals surface area contributed by atoms with Crippen molar-refractivity contribution in [3.8, 4) is 17.2 Å². The van der Waals surface area contributed by atoms with Gasteiger partial charge >= 0.3 is 6.03 Å². The fourth-order valence-electron chi connectivity index (χ4n) is 4.73. The van der Waals surface area contributed by atoms with E-state index in [4.69, 9.17) is 14.2 Å². The number of hydrogen-bond donors (Lipinski definition) is 1. The number of nitrogens with one attached hydrogen (secondary N) is 1. The summed E-state index contributed by atoms with van der Waals surface area (Å²) < 4.78 is 18.4. The summed E-state index contributed by atoms with van der Waals surface area (Å²) in [7, 11) is 4.74. The Labute approximate surface area is 217 Å². The van der Waals surface area contributed by atoms with E-state index in [-0.39, 0.29) is 24.5 Å². The molecule has 1 aliphatic rings. The average Bonchev–Trinajstić information content (AvgIpc) is 3.41. The molecule has 0 fully saturated rings. The minimum absolute atomic E-state index is 0.0485. The molecule has 9 heteroatoms. The summed E-state index contributed by atoms with van der Waals surface area (Å²) in [6.07, 6.45) is 2.74. The van der Waals surface area contributed by atoms with Gasteiger partial charge in [-0.3, -0.25) is 4.79 Å². The van der Waals surface area contributed by atoms with Crippen LogP contribution in [-0.4, -0.2) is 67.3 Å². The molecule has 0 radical (unpaired) electrons. The number of carbonyl (C=O) groups excluding carboxylic acids is 2. The molecule has 2 aromatic carbocycles. The van der Waals surface area contributed by atoms with Crippen molar-refractivity contribution in [2.45, 2.75) is 25.9 Å². The number of carbonyl (C=O) groups is 2. The summed E-state index contributed by atoms with van der Waals surface area (Å²) in [6.45, 7) is 3.57. The van der Waals surface area contributed by atoms with Crippen LogP contribution in [0.25, 0.3) is 0 Å². The summed E-state index contributed by atoms with van der Waals surface area (Å²) in [4.78, 5) is 30.4. The fraction of sp³-hybridized carbons (Fsp3) is 0.357. The van der Waals surface area contributed by atoms with E-state index in [1.807, 2.05) is 54.4 Å². The smallest absolute Gasteiger partial charge is 0.322 e. The van der Waals surface area contributed by atoms with Gasteiger partial charge in [0.1, 0.15) is 29.8 Å². The zero-order chi connectivity index (χ0) is 26.4. The Hall–Kier alpha value is -4.14. The summed E-state index contributed by atoms with van der Waals surface area (Å²) >= 11 is 0. The van der Waals surface area contributed by atoms with E-state index in [1.165, 1.54) is 0 Å². The first kappa shape index (κ1) is 25.9. The Kier molecular flexibility index (Phi) is 8.22. The molecule has 0 aliphatic carbocycles. The van der Waals surface area contributed by atoms with Crippen molar-refractivity contribution in [2.24, 2.45) is 0 Å². The van der Waals surface area contributed by atoms with Crippen molar-refractivity contribution >= 4 is 17.6 Å². The van der Waals surface area contributed by atoms with Crippen LogP contribution in [0.1, 0.15) is 30.6 Å². The molecule has 2 heterocycles. The highest BCUT2D eigenvalue weighted by atomic mass is 16.5. The first-order valence-electron chi connectivity index (χ1n) is 12.4. The molecule has 3 amide bonds. The van der Waals surface area contributed by atoms with Gasteiger partial charge in [0.2, 0.25) is 5.91 Å². The van der Waals surface area contributed by atoms with Gasteiger partial charge in [-0.1, -0.05) is 25.1 Å². The lowest BCUT2D eigenvalue weighted by Gasteiger charge is -2.38. The molecule has 0 saturated carbocycles. The van der Waals surface area contributed by atoms with Gasteiger partial charge in [-0.15, -0.1) is 0 Å². The molecule has 196 valence electrons. The van der Waals surface area contributed by atoms with Gasteiger partial charge in [0.25, 0.3) is 0 Å². The number of nitrogens with zero attached hydrogens (tertiary/aromatic N) is 3. The number of aromatic nitrogens is 1. The Morgan fingerprint density at radius 2 is 1.70 bits per heavy atom. The van der Waals surface area contributed by atoms with E-state index in [0.717, 1.165) is 17.0 Å². The molecule has 0 spiro atoms. The van der Waals surface area contributed by atoms with Crippen molar-refractivity contribution in [3.63, 3.8) is 0 Å². The highest BCUT2D eigenvalue weighted by Crippen LogP contribution is 2.37. The summed E-state index contributed by atoms with van der Waals surface area (Å²) in [5.74, 6) is 1.71.